The van der Waals surface area contributed by atoms with Gasteiger partial charge in [0.15, 0.2) is 0 Å². The zero-order chi connectivity index (χ0) is 17.7. The van der Waals surface area contributed by atoms with Gasteiger partial charge in [0.2, 0.25) is 5.91 Å². The second kappa shape index (κ2) is 7.61. The minimum Gasteiger partial charge on any atom is -0.399 e. The highest BCUT2D eigenvalue weighted by Gasteiger charge is 2.34. The van der Waals surface area contributed by atoms with Crippen LogP contribution < -0.4 is 11.1 Å². The first-order valence-electron chi connectivity index (χ1n) is 7.30. The number of halogens is 3. The predicted molar refractivity (Wildman–Crippen MR) is 90.9 cm³/mol. The van der Waals surface area contributed by atoms with E-state index in [9.17, 15) is 18.0 Å². The summed E-state index contributed by atoms with van der Waals surface area (Å²) in [6.07, 6.45) is -4.04. The molecule has 2 rings (SSSR count). The van der Waals surface area contributed by atoms with E-state index in [1.807, 2.05) is 6.92 Å². The first kappa shape index (κ1) is 18.2. The number of alkyl halides is 3. The third-order valence-electron chi connectivity index (χ3n) is 3.31. The van der Waals surface area contributed by atoms with Gasteiger partial charge in [-0.2, -0.15) is 13.2 Å². The Kier molecular flexibility index (Phi) is 5.77. The van der Waals surface area contributed by atoms with E-state index in [-0.39, 0.29) is 5.69 Å². The topological polar surface area (TPSA) is 55.1 Å². The number of nitrogens with one attached hydrogen (secondary N) is 1. The largest absolute Gasteiger partial charge is 0.418 e. The number of carbonyl (C=O) groups is 1. The number of nitrogen functional groups attached to an aromatic ring is 1. The molecule has 128 valence electrons. The molecule has 0 aliphatic heterocycles. The molecule has 0 bridgehead atoms. The Balaban J connectivity index is 2.14. The standard InChI is InChI=1S/C17H17F3N2OS/c1-2-15(24-12-9-7-11(21)8-10-12)16(23)22-14-6-4-3-5-13(14)17(18,19)20/h3-10,15H,2,21H2,1H3,(H,22,23). The highest BCUT2D eigenvalue weighted by Crippen LogP contribution is 2.35. The molecule has 2 aromatic rings. The number of thioether (sulfide) groups is 1. The molecule has 3 nitrogen and oxygen atoms in total. The molecular weight excluding hydrogens is 337 g/mol. The summed E-state index contributed by atoms with van der Waals surface area (Å²) in [4.78, 5) is 13.2. The molecule has 1 atom stereocenters. The quantitative estimate of drug-likeness (QED) is 0.599. The summed E-state index contributed by atoms with van der Waals surface area (Å²) in [5, 5.41) is 1.89. The van der Waals surface area contributed by atoms with Crippen LogP contribution in [0.4, 0.5) is 24.5 Å². The maximum absolute atomic E-state index is 13.0. The van der Waals surface area contributed by atoms with Crippen LogP contribution in [0.25, 0.3) is 0 Å². The van der Waals surface area contributed by atoms with Crippen molar-refractivity contribution in [2.45, 2.75) is 29.7 Å². The summed E-state index contributed by atoms with van der Waals surface area (Å²) in [6.45, 7) is 1.81. The van der Waals surface area contributed by atoms with Crippen LogP contribution in [0, 0.1) is 0 Å². The maximum Gasteiger partial charge on any atom is 0.418 e. The molecule has 0 aliphatic rings. The van der Waals surface area contributed by atoms with Crippen LogP contribution in [0.5, 0.6) is 0 Å². The minimum absolute atomic E-state index is 0.230. The average Bonchev–Trinajstić information content (AvgIpc) is 2.53. The van der Waals surface area contributed by atoms with Gasteiger partial charge in [-0.1, -0.05) is 19.1 Å². The van der Waals surface area contributed by atoms with Crippen molar-refractivity contribution in [3.8, 4) is 0 Å². The Labute approximate surface area is 142 Å². The molecular formula is C17H17F3N2OS. The summed E-state index contributed by atoms with van der Waals surface area (Å²) in [6, 6.07) is 11.9. The Morgan fingerprint density at radius 3 is 2.38 bits per heavy atom. The van der Waals surface area contributed by atoms with Gasteiger partial charge < -0.3 is 11.1 Å². The molecule has 2 aromatic carbocycles. The van der Waals surface area contributed by atoms with E-state index in [1.54, 1.807) is 24.3 Å². The zero-order valence-corrected chi connectivity index (χ0v) is 13.7. The van der Waals surface area contributed by atoms with E-state index >= 15 is 0 Å². The molecule has 0 fully saturated rings. The van der Waals surface area contributed by atoms with Gasteiger partial charge in [0.1, 0.15) is 0 Å². The van der Waals surface area contributed by atoms with Gasteiger partial charge in [-0.15, -0.1) is 11.8 Å². The fourth-order valence-electron chi connectivity index (χ4n) is 2.09. The molecule has 0 saturated heterocycles. The number of rotatable bonds is 5. The lowest BCUT2D eigenvalue weighted by atomic mass is 10.1. The van der Waals surface area contributed by atoms with Crippen molar-refractivity contribution in [3.63, 3.8) is 0 Å². The number of nitrogens with two attached hydrogens (primary N) is 1. The van der Waals surface area contributed by atoms with Crippen molar-refractivity contribution in [2.24, 2.45) is 0 Å². The van der Waals surface area contributed by atoms with Crippen LogP contribution in [0.3, 0.4) is 0 Å². The summed E-state index contributed by atoms with van der Waals surface area (Å²) in [7, 11) is 0. The van der Waals surface area contributed by atoms with Crippen molar-refractivity contribution in [1.82, 2.24) is 0 Å². The molecule has 1 amide bonds. The van der Waals surface area contributed by atoms with E-state index < -0.39 is 22.9 Å². The minimum atomic E-state index is -4.52. The summed E-state index contributed by atoms with van der Waals surface area (Å²) < 4.78 is 39.0. The molecule has 1 unspecified atom stereocenters. The fraction of sp³-hybridized carbons (Fsp3) is 0.235. The Hall–Kier alpha value is -2.15. The molecule has 0 heterocycles. The Morgan fingerprint density at radius 2 is 1.79 bits per heavy atom. The molecule has 0 spiro atoms. The van der Waals surface area contributed by atoms with E-state index in [0.29, 0.717) is 12.1 Å². The Morgan fingerprint density at radius 1 is 1.17 bits per heavy atom. The highest BCUT2D eigenvalue weighted by atomic mass is 32.2. The Bertz CT molecular complexity index is 702. The first-order chi connectivity index (χ1) is 11.3. The van der Waals surface area contributed by atoms with Gasteiger partial charge in [0.05, 0.1) is 16.5 Å². The summed E-state index contributed by atoms with van der Waals surface area (Å²) in [5.41, 5.74) is 5.14. The molecule has 0 radical (unpaired) electrons. The van der Waals surface area contributed by atoms with E-state index in [4.69, 9.17) is 5.73 Å². The van der Waals surface area contributed by atoms with Crippen LogP contribution in [0.2, 0.25) is 0 Å². The second-order valence-corrected chi connectivity index (χ2v) is 6.39. The average molecular weight is 354 g/mol. The van der Waals surface area contributed by atoms with Crippen molar-refractivity contribution in [1.29, 1.82) is 0 Å². The number of hydrogen-bond acceptors (Lipinski definition) is 3. The highest BCUT2D eigenvalue weighted by molar-refractivity contribution is 8.00. The second-order valence-electron chi connectivity index (χ2n) is 5.12. The molecule has 0 saturated carbocycles. The van der Waals surface area contributed by atoms with Crippen LogP contribution in [0.1, 0.15) is 18.9 Å². The summed E-state index contributed by atoms with van der Waals surface area (Å²) in [5.74, 6) is -0.462. The number of carbonyl (C=O) groups excluding carboxylic acids is 1. The zero-order valence-electron chi connectivity index (χ0n) is 12.9. The normalized spacial score (nSPS) is 12.7. The van der Waals surface area contributed by atoms with Crippen LogP contribution >= 0.6 is 11.8 Å². The number of amides is 1. The molecule has 24 heavy (non-hydrogen) atoms. The van der Waals surface area contributed by atoms with Crippen LogP contribution in [-0.2, 0) is 11.0 Å². The van der Waals surface area contributed by atoms with Crippen LogP contribution in [-0.4, -0.2) is 11.2 Å². The van der Waals surface area contributed by atoms with Crippen molar-refractivity contribution in [2.75, 3.05) is 11.1 Å². The summed E-state index contributed by atoms with van der Waals surface area (Å²) >= 11 is 1.29. The molecule has 0 aromatic heterocycles. The number of benzene rings is 2. The third-order valence-corrected chi connectivity index (χ3v) is 4.69. The SMILES string of the molecule is CCC(Sc1ccc(N)cc1)C(=O)Nc1ccccc1C(F)(F)F. The number of hydrogen-bond donors (Lipinski definition) is 2. The molecule has 0 aliphatic carbocycles. The number of para-hydroxylation sites is 1. The predicted octanol–water partition coefficient (Wildman–Crippen LogP) is 4.80. The van der Waals surface area contributed by atoms with E-state index in [0.717, 1.165) is 11.0 Å². The lowest BCUT2D eigenvalue weighted by Gasteiger charge is -2.17. The van der Waals surface area contributed by atoms with Gasteiger partial charge in [-0.05, 0) is 42.8 Å². The third kappa shape index (κ3) is 4.67. The van der Waals surface area contributed by atoms with Crippen molar-refractivity contribution < 1.29 is 18.0 Å². The van der Waals surface area contributed by atoms with Crippen molar-refractivity contribution in [3.05, 3.63) is 54.1 Å². The van der Waals surface area contributed by atoms with Crippen molar-refractivity contribution >= 4 is 29.0 Å². The van der Waals surface area contributed by atoms with Gasteiger partial charge in [0, 0.05) is 10.6 Å². The van der Waals surface area contributed by atoms with E-state index in [2.05, 4.69) is 5.32 Å². The molecule has 7 heteroatoms. The first-order valence-corrected chi connectivity index (χ1v) is 8.18. The maximum atomic E-state index is 13.0. The smallest absolute Gasteiger partial charge is 0.399 e. The molecule has 3 N–H and O–H groups in total. The monoisotopic (exact) mass is 354 g/mol. The van der Waals surface area contributed by atoms with Gasteiger partial charge >= 0.3 is 6.18 Å². The van der Waals surface area contributed by atoms with Crippen LogP contribution in [0.15, 0.2) is 53.4 Å². The number of anilines is 2. The lowest BCUT2D eigenvalue weighted by molar-refractivity contribution is -0.137. The van der Waals surface area contributed by atoms with Gasteiger partial charge in [-0.3, -0.25) is 4.79 Å². The fourth-order valence-corrected chi connectivity index (χ4v) is 3.04. The van der Waals surface area contributed by atoms with E-state index in [1.165, 1.54) is 30.0 Å². The van der Waals surface area contributed by atoms with Gasteiger partial charge in [0.25, 0.3) is 0 Å². The van der Waals surface area contributed by atoms with Gasteiger partial charge in [-0.25, -0.2) is 0 Å². The lowest BCUT2D eigenvalue weighted by Crippen LogP contribution is -2.26.